The van der Waals surface area contributed by atoms with Crippen LogP contribution in [-0.2, 0) is 6.54 Å². The highest BCUT2D eigenvalue weighted by molar-refractivity contribution is 6.31. The maximum atomic E-state index is 5.99. The van der Waals surface area contributed by atoms with Crippen LogP contribution >= 0.6 is 11.6 Å². The van der Waals surface area contributed by atoms with Gasteiger partial charge < -0.3 is 0 Å². The van der Waals surface area contributed by atoms with Gasteiger partial charge in [0.05, 0.1) is 12.7 Å². The Bertz CT molecular complexity index is 382. The van der Waals surface area contributed by atoms with Crippen molar-refractivity contribution >= 4 is 11.6 Å². The average molecular weight is 192 g/mol. The minimum atomic E-state index is 0.698. The summed E-state index contributed by atoms with van der Waals surface area (Å²) in [6.45, 7) is 0.698. The lowest BCUT2D eigenvalue weighted by molar-refractivity contribution is 0.687. The Hall–Kier alpha value is -1.28. The second kappa shape index (κ2) is 3.62. The monoisotopic (exact) mass is 191 g/mol. The van der Waals surface area contributed by atoms with Crippen molar-refractivity contribution in [2.24, 2.45) is 0 Å². The minimum absolute atomic E-state index is 0.698. The number of nitrogens with zero attached hydrogens (tertiary/aromatic N) is 2. The van der Waals surface area contributed by atoms with Crippen LogP contribution in [0, 0.1) is 6.07 Å². The molecule has 0 aliphatic rings. The van der Waals surface area contributed by atoms with Gasteiger partial charge in [-0.3, -0.25) is 4.68 Å². The summed E-state index contributed by atoms with van der Waals surface area (Å²) in [4.78, 5) is 0. The highest BCUT2D eigenvalue weighted by atomic mass is 35.5. The molecule has 1 heterocycles. The number of benzene rings is 1. The fourth-order valence-corrected chi connectivity index (χ4v) is 1.34. The molecular weight excluding hydrogens is 184 g/mol. The predicted octanol–water partition coefficient (Wildman–Crippen LogP) is 2.38. The van der Waals surface area contributed by atoms with Crippen molar-refractivity contribution in [3.63, 3.8) is 0 Å². The maximum absolute atomic E-state index is 5.99. The second-order valence-electron chi connectivity index (χ2n) is 2.73. The van der Waals surface area contributed by atoms with E-state index in [1.165, 1.54) is 0 Å². The fraction of sp³-hybridized carbons (Fsp3) is 0.100. The normalized spacial score (nSPS) is 10.2. The molecule has 13 heavy (non-hydrogen) atoms. The molecule has 2 nitrogen and oxygen atoms in total. The maximum Gasteiger partial charge on any atom is 0.0674 e. The molecule has 0 saturated carbocycles. The van der Waals surface area contributed by atoms with Crippen LogP contribution < -0.4 is 0 Å². The van der Waals surface area contributed by atoms with Gasteiger partial charge >= 0.3 is 0 Å². The van der Waals surface area contributed by atoms with Crippen molar-refractivity contribution in [1.29, 1.82) is 0 Å². The third-order valence-corrected chi connectivity index (χ3v) is 2.16. The Morgan fingerprint density at radius 2 is 2.23 bits per heavy atom. The van der Waals surface area contributed by atoms with E-state index >= 15 is 0 Å². The van der Waals surface area contributed by atoms with E-state index in [1.807, 2.05) is 24.3 Å². The molecule has 0 saturated heterocycles. The zero-order valence-electron chi connectivity index (χ0n) is 6.94. The van der Waals surface area contributed by atoms with Gasteiger partial charge in [-0.05, 0) is 11.6 Å². The molecule has 1 aromatic carbocycles. The van der Waals surface area contributed by atoms with E-state index in [1.54, 1.807) is 17.1 Å². The number of hydrogen-bond donors (Lipinski definition) is 0. The van der Waals surface area contributed by atoms with Crippen LogP contribution in [0.15, 0.2) is 36.7 Å². The highest BCUT2D eigenvalue weighted by Gasteiger charge is 1.98. The first kappa shape index (κ1) is 8.32. The fourth-order valence-electron chi connectivity index (χ4n) is 1.15. The van der Waals surface area contributed by atoms with Gasteiger partial charge in [0, 0.05) is 17.3 Å². The van der Waals surface area contributed by atoms with Crippen molar-refractivity contribution in [2.45, 2.75) is 6.54 Å². The van der Waals surface area contributed by atoms with Gasteiger partial charge in [-0.2, -0.15) is 5.10 Å². The van der Waals surface area contributed by atoms with E-state index in [9.17, 15) is 0 Å². The Kier molecular flexibility index (Phi) is 2.32. The van der Waals surface area contributed by atoms with Crippen molar-refractivity contribution in [3.8, 4) is 0 Å². The molecule has 0 amide bonds. The molecule has 0 unspecified atom stereocenters. The molecule has 1 aromatic heterocycles. The van der Waals surface area contributed by atoms with Gasteiger partial charge in [-0.15, -0.1) is 0 Å². The first-order valence-corrected chi connectivity index (χ1v) is 4.36. The molecule has 0 aliphatic carbocycles. The summed E-state index contributed by atoms with van der Waals surface area (Å²) in [5.41, 5.74) is 1.07. The summed E-state index contributed by atoms with van der Waals surface area (Å²) < 4.78 is 1.79. The van der Waals surface area contributed by atoms with Crippen LogP contribution in [-0.4, -0.2) is 9.78 Å². The van der Waals surface area contributed by atoms with Crippen LogP contribution in [0.3, 0.4) is 0 Å². The van der Waals surface area contributed by atoms with Crippen LogP contribution in [0.4, 0.5) is 0 Å². The van der Waals surface area contributed by atoms with Crippen molar-refractivity contribution in [3.05, 3.63) is 53.3 Å². The Balaban J connectivity index is 2.24. The summed E-state index contributed by atoms with van der Waals surface area (Å²) in [5, 5.41) is 4.83. The van der Waals surface area contributed by atoms with Gasteiger partial charge in [-0.1, -0.05) is 29.8 Å². The van der Waals surface area contributed by atoms with Gasteiger partial charge in [0.15, 0.2) is 0 Å². The van der Waals surface area contributed by atoms with E-state index < -0.39 is 0 Å². The van der Waals surface area contributed by atoms with E-state index in [-0.39, 0.29) is 0 Å². The molecule has 2 aromatic rings. The van der Waals surface area contributed by atoms with Gasteiger partial charge in [0.2, 0.25) is 0 Å². The van der Waals surface area contributed by atoms with Crippen LogP contribution in [0.1, 0.15) is 5.56 Å². The molecule has 0 fully saturated rings. The van der Waals surface area contributed by atoms with Gasteiger partial charge in [0.1, 0.15) is 0 Å². The van der Waals surface area contributed by atoms with Gasteiger partial charge in [-0.25, -0.2) is 0 Å². The number of hydrogen-bond acceptors (Lipinski definition) is 1. The molecule has 0 atom stereocenters. The van der Waals surface area contributed by atoms with E-state index in [0.717, 1.165) is 10.6 Å². The topological polar surface area (TPSA) is 17.8 Å². The third kappa shape index (κ3) is 1.90. The molecule has 2 rings (SSSR count). The summed E-state index contributed by atoms with van der Waals surface area (Å²) in [6.07, 6.45) is 3.43. The molecular formula is C10H8ClN2. The van der Waals surface area contributed by atoms with Crippen LogP contribution in [0.5, 0.6) is 0 Å². The smallest absolute Gasteiger partial charge is 0.0674 e. The predicted molar refractivity (Wildman–Crippen MR) is 51.6 cm³/mol. The standard InChI is InChI=1S/C10H8ClN2/c11-10-5-2-1-4-9(10)8-13-7-3-6-12-13/h1-2,4-7H,8H2. The lowest BCUT2D eigenvalue weighted by atomic mass is 10.2. The molecule has 1 radical (unpaired) electrons. The van der Waals surface area contributed by atoms with E-state index in [4.69, 9.17) is 11.6 Å². The quantitative estimate of drug-likeness (QED) is 0.713. The zero-order chi connectivity index (χ0) is 9.10. The Labute approximate surface area is 81.8 Å². The van der Waals surface area contributed by atoms with E-state index in [2.05, 4.69) is 11.2 Å². The molecule has 0 N–H and O–H groups in total. The summed E-state index contributed by atoms with van der Waals surface area (Å²) in [5.74, 6) is 0. The number of halogens is 1. The van der Waals surface area contributed by atoms with Crippen molar-refractivity contribution < 1.29 is 0 Å². The first-order valence-electron chi connectivity index (χ1n) is 3.98. The molecule has 0 aliphatic heterocycles. The lowest BCUT2D eigenvalue weighted by Crippen LogP contribution is -1.99. The zero-order valence-corrected chi connectivity index (χ0v) is 7.70. The molecule has 0 bridgehead atoms. The minimum Gasteiger partial charge on any atom is -0.268 e. The third-order valence-electron chi connectivity index (χ3n) is 1.79. The van der Waals surface area contributed by atoms with Crippen molar-refractivity contribution in [1.82, 2.24) is 9.78 Å². The number of aromatic nitrogens is 2. The second-order valence-corrected chi connectivity index (χ2v) is 3.14. The van der Waals surface area contributed by atoms with E-state index in [0.29, 0.717) is 6.54 Å². The Morgan fingerprint density at radius 1 is 1.38 bits per heavy atom. The van der Waals surface area contributed by atoms with Crippen LogP contribution in [0.25, 0.3) is 0 Å². The van der Waals surface area contributed by atoms with Crippen molar-refractivity contribution in [2.75, 3.05) is 0 Å². The Morgan fingerprint density at radius 3 is 2.92 bits per heavy atom. The summed E-state index contributed by atoms with van der Waals surface area (Å²) in [7, 11) is 0. The molecule has 3 heteroatoms. The van der Waals surface area contributed by atoms with Gasteiger partial charge in [0.25, 0.3) is 0 Å². The number of rotatable bonds is 2. The molecule has 0 spiro atoms. The summed E-state index contributed by atoms with van der Waals surface area (Å²) in [6, 6.07) is 10.6. The lowest BCUT2D eigenvalue weighted by Gasteiger charge is -2.03. The van der Waals surface area contributed by atoms with Crippen LogP contribution in [0.2, 0.25) is 5.02 Å². The summed E-state index contributed by atoms with van der Waals surface area (Å²) >= 11 is 5.99. The first-order chi connectivity index (χ1) is 6.36. The average Bonchev–Trinajstić information content (AvgIpc) is 2.61. The SMILES string of the molecule is Clc1ccccc1Cn1c[c]cn1. The largest absolute Gasteiger partial charge is 0.268 e. The molecule has 65 valence electrons. The highest BCUT2D eigenvalue weighted by Crippen LogP contribution is 2.15.